The van der Waals surface area contributed by atoms with Crippen LogP contribution in [0.2, 0.25) is 0 Å². The summed E-state index contributed by atoms with van der Waals surface area (Å²) >= 11 is 0. The summed E-state index contributed by atoms with van der Waals surface area (Å²) in [4.78, 5) is 0. The number of hydrogen-bond acceptors (Lipinski definition) is 10. The third-order valence-corrected chi connectivity index (χ3v) is 20.3. The van der Waals surface area contributed by atoms with Crippen LogP contribution in [-0.4, -0.2) is 78.4 Å². The van der Waals surface area contributed by atoms with Crippen LogP contribution in [0.4, 0.5) is 0 Å². The van der Waals surface area contributed by atoms with Crippen molar-refractivity contribution in [3.8, 4) is 0 Å². The summed E-state index contributed by atoms with van der Waals surface area (Å²) in [5, 5.41) is 0. The number of hydrogen-bond donors (Lipinski definition) is 0. The molecular weight excluding hydrogens is 781 g/mol. The van der Waals surface area contributed by atoms with Crippen molar-refractivity contribution in [1.29, 1.82) is 0 Å². The quantitative estimate of drug-likeness (QED) is 0.0346. The Bertz CT molecular complexity index is 684. The van der Waals surface area contributed by atoms with Gasteiger partial charge in [0.25, 0.3) is 0 Å². The zero-order chi connectivity index (χ0) is 39.7. The van der Waals surface area contributed by atoms with Crippen LogP contribution in [0.3, 0.4) is 0 Å². The zero-order valence-electron chi connectivity index (χ0n) is 38.8. The minimum absolute atomic E-state index is 0. The summed E-state index contributed by atoms with van der Waals surface area (Å²) in [5.74, 6) is 0. The fourth-order valence-corrected chi connectivity index (χ4v) is 18.1. The molecule has 0 heterocycles. The van der Waals surface area contributed by atoms with E-state index in [2.05, 4.69) is 13.8 Å². The molecule has 0 fully saturated rings. The van der Waals surface area contributed by atoms with E-state index in [0.717, 1.165) is 25.7 Å². The van der Waals surface area contributed by atoms with E-state index in [1.54, 1.807) is 0 Å². The maximum absolute atomic E-state index is 6.27. The minimum Gasteiger partial charge on any atom is 1.00 e. The first-order chi connectivity index (χ1) is 24.9. The Morgan fingerprint density at radius 3 is 0.519 bits per heavy atom. The van der Waals surface area contributed by atoms with Gasteiger partial charge in [-0.3, -0.25) is 0 Å². The standard InChI is InChI=1S/2C20H46O5P.2K/c2*1-7-13-14-15-16-17-18-19-20-26(21-8-2,22-9-3,23-10-4,24-11-5)25-12-6;;/h2*7-20H2,1-6H3;;/q2*-1;2*+1. The van der Waals surface area contributed by atoms with Crippen LogP contribution in [0.1, 0.15) is 186 Å². The summed E-state index contributed by atoms with van der Waals surface area (Å²) in [6.45, 7) is 28.1. The third kappa shape index (κ3) is 20.7. The molecule has 0 aromatic carbocycles. The Morgan fingerprint density at radius 2 is 0.370 bits per heavy atom. The van der Waals surface area contributed by atoms with Crippen molar-refractivity contribution in [1.82, 2.24) is 0 Å². The summed E-state index contributed by atoms with van der Waals surface area (Å²) in [7, 11) is -9.40. The van der Waals surface area contributed by atoms with Gasteiger partial charge < -0.3 is 0 Å². The number of rotatable bonds is 38. The van der Waals surface area contributed by atoms with E-state index in [9.17, 15) is 0 Å². The van der Waals surface area contributed by atoms with Gasteiger partial charge in [0.15, 0.2) is 0 Å². The van der Waals surface area contributed by atoms with Gasteiger partial charge in [-0.2, -0.15) is 0 Å². The van der Waals surface area contributed by atoms with Crippen molar-refractivity contribution in [3.05, 3.63) is 0 Å². The van der Waals surface area contributed by atoms with Gasteiger partial charge in [0.2, 0.25) is 0 Å². The molecule has 0 amide bonds. The van der Waals surface area contributed by atoms with E-state index in [0.29, 0.717) is 78.4 Å². The second-order valence-corrected chi connectivity index (χ2v) is 22.4. The van der Waals surface area contributed by atoms with Crippen LogP contribution >= 0.6 is 14.2 Å². The molecule has 10 nitrogen and oxygen atoms in total. The molecule has 0 spiro atoms. The fourth-order valence-electron chi connectivity index (χ4n) is 7.55. The first-order valence-corrected chi connectivity index (χ1v) is 26.7. The monoisotopic (exact) mass is 873 g/mol. The first-order valence-electron chi connectivity index (χ1n) is 21.8. The maximum atomic E-state index is 6.27. The van der Waals surface area contributed by atoms with Gasteiger partial charge >= 0.3 is 426 Å². The topological polar surface area (TPSA) is 92.3 Å². The Morgan fingerprint density at radius 1 is 0.222 bits per heavy atom. The molecule has 324 valence electrons. The second-order valence-electron chi connectivity index (χ2n) is 13.4. The summed E-state index contributed by atoms with van der Waals surface area (Å²) in [6.07, 6.45) is 20.6. The van der Waals surface area contributed by atoms with Gasteiger partial charge in [-0.15, -0.1) is 0 Å². The molecule has 0 rings (SSSR count). The normalized spacial score (nSPS) is 14.4. The van der Waals surface area contributed by atoms with E-state index in [4.69, 9.17) is 45.2 Å². The van der Waals surface area contributed by atoms with Crippen LogP contribution in [0, 0.1) is 0 Å². The molecular formula is C40H92K2O10P2. The van der Waals surface area contributed by atoms with Gasteiger partial charge in [-0.25, -0.2) is 0 Å². The van der Waals surface area contributed by atoms with Crippen LogP contribution in [0.5, 0.6) is 0 Å². The second kappa shape index (κ2) is 34.2. The third-order valence-electron chi connectivity index (χ3n) is 9.25. The average molecular weight is 873 g/mol. The van der Waals surface area contributed by atoms with E-state index >= 15 is 0 Å². The van der Waals surface area contributed by atoms with E-state index < -0.39 is 14.2 Å². The predicted octanol–water partition coefficient (Wildman–Crippen LogP) is 7.96. The summed E-state index contributed by atoms with van der Waals surface area (Å²) in [5.41, 5.74) is 0. The van der Waals surface area contributed by atoms with Gasteiger partial charge in [0, 0.05) is 0 Å². The SMILES string of the molecule is CCCCCCCCCC[P-](OCC)(OCC)(OCC)(OCC)OCC.CCCCCCCCCC[P-](OCC)(OCC)(OCC)(OCC)OCC.[K+].[K+]. The van der Waals surface area contributed by atoms with Crippen molar-refractivity contribution < 1.29 is 148 Å². The molecule has 0 radical (unpaired) electrons. The Balaban J connectivity index is -0.000000446. The van der Waals surface area contributed by atoms with E-state index in [1.807, 2.05) is 69.2 Å². The van der Waals surface area contributed by atoms with Crippen LogP contribution in [0.25, 0.3) is 0 Å². The zero-order valence-corrected chi connectivity index (χ0v) is 46.8. The number of unbranched alkanes of at least 4 members (excludes halogenated alkanes) is 14. The smallest absolute Gasteiger partial charge is 1.00 e. The molecule has 0 aromatic heterocycles. The molecule has 0 saturated carbocycles. The van der Waals surface area contributed by atoms with Crippen LogP contribution in [-0.2, 0) is 45.2 Å². The van der Waals surface area contributed by atoms with Gasteiger partial charge in [-0.05, 0) is 0 Å². The van der Waals surface area contributed by atoms with Crippen molar-refractivity contribution in [3.63, 3.8) is 0 Å². The first kappa shape index (κ1) is 64.4. The van der Waals surface area contributed by atoms with Crippen LogP contribution < -0.4 is 103 Å². The average Bonchev–Trinajstić information content (AvgIpc) is 3.09. The molecule has 0 aliphatic carbocycles. The van der Waals surface area contributed by atoms with E-state index in [1.165, 1.54) is 77.0 Å². The molecule has 0 aromatic rings. The fraction of sp³-hybridized carbons (Fsp3) is 1.00. The van der Waals surface area contributed by atoms with Crippen molar-refractivity contribution in [2.24, 2.45) is 0 Å². The Hall–Kier alpha value is 3.73. The molecule has 0 N–H and O–H groups in total. The van der Waals surface area contributed by atoms with Crippen LogP contribution in [0.15, 0.2) is 0 Å². The van der Waals surface area contributed by atoms with Gasteiger partial charge in [0.1, 0.15) is 0 Å². The molecule has 0 unspecified atom stereocenters. The van der Waals surface area contributed by atoms with Crippen molar-refractivity contribution >= 4 is 14.2 Å². The van der Waals surface area contributed by atoms with Gasteiger partial charge in [-0.1, -0.05) is 0 Å². The molecule has 0 bridgehead atoms. The largest absolute Gasteiger partial charge is 1.00 e. The molecule has 0 aliphatic rings. The minimum atomic E-state index is -4.70. The molecule has 0 aliphatic heterocycles. The summed E-state index contributed by atoms with van der Waals surface area (Å²) in [6, 6.07) is 0. The van der Waals surface area contributed by atoms with Crippen molar-refractivity contribution in [2.45, 2.75) is 186 Å². The summed E-state index contributed by atoms with van der Waals surface area (Å²) < 4.78 is 62.7. The molecule has 0 atom stereocenters. The van der Waals surface area contributed by atoms with Crippen molar-refractivity contribution in [2.75, 3.05) is 78.4 Å². The Kier molecular flexibility index (Phi) is 40.8. The van der Waals surface area contributed by atoms with Gasteiger partial charge in [0.05, 0.1) is 0 Å². The Labute approximate surface area is 420 Å². The molecule has 0 saturated heterocycles. The molecule has 54 heavy (non-hydrogen) atoms. The maximum Gasteiger partial charge on any atom is 1.00 e. The predicted molar refractivity (Wildman–Crippen MR) is 225 cm³/mol. The van der Waals surface area contributed by atoms with E-state index in [-0.39, 0.29) is 103 Å². The molecule has 14 heteroatoms.